The van der Waals surface area contributed by atoms with E-state index < -0.39 is 9.84 Å². The molecule has 0 atom stereocenters. The van der Waals surface area contributed by atoms with E-state index in [2.05, 4.69) is 10.4 Å². The van der Waals surface area contributed by atoms with Crippen LogP contribution in [0, 0.1) is 6.92 Å². The predicted molar refractivity (Wildman–Crippen MR) is 79.5 cm³/mol. The maximum absolute atomic E-state index is 11.4. The molecule has 0 fully saturated rings. The van der Waals surface area contributed by atoms with E-state index in [4.69, 9.17) is 4.74 Å². The Morgan fingerprint density at radius 2 is 2.20 bits per heavy atom. The van der Waals surface area contributed by atoms with Crippen LogP contribution in [-0.2, 0) is 27.7 Å². The molecule has 1 heterocycles. The summed E-state index contributed by atoms with van der Waals surface area (Å²) >= 11 is 0. The average molecular weight is 303 g/mol. The number of rotatable bonds is 10. The molecule has 6 nitrogen and oxygen atoms in total. The van der Waals surface area contributed by atoms with Gasteiger partial charge in [-0.3, -0.25) is 4.68 Å². The van der Waals surface area contributed by atoms with Crippen molar-refractivity contribution < 1.29 is 13.2 Å². The van der Waals surface area contributed by atoms with Gasteiger partial charge in [-0.1, -0.05) is 6.92 Å². The van der Waals surface area contributed by atoms with Gasteiger partial charge in [-0.25, -0.2) is 8.42 Å². The second kappa shape index (κ2) is 8.39. The van der Waals surface area contributed by atoms with E-state index in [0.29, 0.717) is 19.6 Å². The van der Waals surface area contributed by atoms with E-state index in [1.165, 1.54) is 0 Å². The Morgan fingerprint density at radius 1 is 1.45 bits per heavy atom. The van der Waals surface area contributed by atoms with E-state index in [-0.39, 0.29) is 11.5 Å². The van der Waals surface area contributed by atoms with Crippen LogP contribution < -0.4 is 5.32 Å². The summed E-state index contributed by atoms with van der Waals surface area (Å²) in [7, 11) is -1.20. The summed E-state index contributed by atoms with van der Waals surface area (Å²) in [6.07, 6.45) is 2.58. The SMILES string of the molecule is CCS(=O)(=O)CCCn1cc(CNCCOC)c(C)n1. The van der Waals surface area contributed by atoms with Gasteiger partial charge in [0.05, 0.1) is 18.1 Å². The molecule has 0 amide bonds. The van der Waals surface area contributed by atoms with Gasteiger partial charge in [-0.2, -0.15) is 5.10 Å². The largest absolute Gasteiger partial charge is 0.383 e. The second-order valence-corrected chi connectivity index (χ2v) is 7.24. The predicted octanol–water partition coefficient (Wildman–Crippen LogP) is 0.752. The number of ether oxygens (including phenoxy) is 1. The average Bonchev–Trinajstić information content (AvgIpc) is 2.75. The number of methoxy groups -OCH3 is 1. The minimum atomic E-state index is -2.88. The van der Waals surface area contributed by atoms with Crippen LogP contribution >= 0.6 is 0 Å². The van der Waals surface area contributed by atoms with Crippen molar-refractivity contribution in [2.75, 3.05) is 31.8 Å². The number of nitrogens with one attached hydrogen (secondary N) is 1. The Morgan fingerprint density at radius 3 is 2.85 bits per heavy atom. The Balaban J connectivity index is 2.41. The summed E-state index contributed by atoms with van der Waals surface area (Å²) in [4.78, 5) is 0. The van der Waals surface area contributed by atoms with Crippen LogP contribution in [0.25, 0.3) is 0 Å². The first-order valence-corrected chi connectivity index (χ1v) is 8.73. The molecule has 20 heavy (non-hydrogen) atoms. The third-order valence-corrected chi connectivity index (χ3v) is 4.92. The summed E-state index contributed by atoms with van der Waals surface area (Å²) in [6.45, 7) is 6.52. The van der Waals surface area contributed by atoms with Crippen LogP contribution in [-0.4, -0.2) is 50.0 Å². The Labute approximate surface area is 121 Å². The van der Waals surface area contributed by atoms with Gasteiger partial charge in [0, 0.05) is 44.3 Å². The maximum atomic E-state index is 11.4. The highest BCUT2D eigenvalue weighted by Crippen LogP contribution is 2.06. The van der Waals surface area contributed by atoms with Crippen molar-refractivity contribution in [1.29, 1.82) is 0 Å². The van der Waals surface area contributed by atoms with Gasteiger partial charge in [0.15, 0.2) is 0 Å². The highest BCUT2D eigenvalue weighted by molar-refractivity contribution is 7.91. The molecule has 1 rings (SSSR count). The van der Waals surface area contributed by atoms with Gasteiger partial charge in [-0.15, -0.1) is 0 Å². The number of nitrogens with zero attached hydrogens (tertiary/aromatic N) is 2. The van der Waals surface area contributed by atoms with Crippen LogP contribution in [0.15, 0.2) is 6.20 Å². The molecule has 116 valence electrons. The normalized spacial score (nSPS) is 11.9. The van der Waals surface area contributed by atoms with Crippen LogP contribution in [0.2, 0.25) is 0 Å². The van der Waals surface area contributed by atoms with Crippen molar-refractivity contribution in [3.63, 3.8) is 0 Å². The van der Waals surface area contributed by atoms with E-state index in [1.807, 2.05) is 17.8 Å². The van der Waals surface area contributed by atoms with Gasteiger partial charge in [0.1, 0.15) is 9.84 Å². The molecule has 0 spiro atoms. The smallest absolute Gasteiger partial charge is 0.150 e. The molecule has 0 aromatic carbocycles. The van der Waals surface area contributed by atoms with E-state index in [9.17, 15) is 8.42 Å². The standard InChI is InChI=1S/C13H25N3O3S/c1-4-20(17,18)9-5-7-16-11-13(12(2)15-16)10-14-6-8-19-3/h11,14H,4-10H2,1-3H3. The summed E-state index contributed by atoms with van der Waals surface area (Å²) in [6, 6.07) is 0. The zero-order valence-electron chi connectivity index (χ0n) is 12.6. The van der Waals surface area contributed by atoms with Crippen LogP contribution in [0.1, 0.15) is 24.6 Å². The Kier molecular flexibility index (Phi) is 7.18. The molecule has 7 heteroatoms. The minimum Gasteiger partial charge on any atom is -0.383 e. The minimum absolute atomic E-state index is 0.208. The van der Waals surface area contributed by atoms with Crippen molar-refractivity contribution in [2.24, 2.45) is 0 Å². The van der Waals surface area contributed by atoms with E-state index in [1.54, 1.807) is 14.0 Å². The molecule has 0 radical (unpaired) electrons. The van der Waals surface area contributed by atoms with Gasteiger partial charge in [-0.05, 0) is 13.3 Å². The summed E-state index contributed by atoms with van der Waals surface area (Å²) in [5, 5.41) is 7.68. The number of hydrogen-bond acceptors (Lipinski definition) is 5. The van der Waals surface area contributed by atoms with E-state index in [0.717, 1.165) is 24.3 Å². The molecule has 1 N–H and O–H groups in total. The molecule has 0 unspecified atom stereocenters. The lowest BCUT2D eigenvalue weighted by Gasteiger charge is -2.02. The van der Waals surface area contributed by atoms with Crippen molar-refractivity contribution in [3.05, 3.63) is 17.5 Å². The summed E-state index contributed by atoms with van der Waals surface area (Å²) in [5.41, 5.74) is 2.12. The fourth-order valence-electron chi connectivity index (χ4n) is 1.84. The summed E-state index contributed by atoms with van der Waals surface area (Å²) in [5.74, 6) is 0.434. The van der Waals surface area contributed by atoms with Gasteiger partial charge >= 0.3 is 0 Å². The van der Waals surface area contributed by atoms with Crippen molar-refractivity contribution >= 4 is 9.84 Å². The topological polar surface area (TPSA) is 73.2 Å². The molecule has 0 saturated carbocycles. The van der Waals surface area contributed by atoms with Crippen molar-refractivity contribution in [2.45, 2.75) is 33.4 Å². The molecular formula is C13H25N3O3S. The third-order valence-electron chi connectivity index (χ3n) is 3.13. The van der Waals surface area contributed by atoms with Gasteiger partial charge < -0.3 is 10.1 Å². The van der Waals surface area contributed by atoms with Crippen LogP contribution in [0.3, 0.4) is 0 Å². The van der Waals surface area contributed by atoms with Crippen molar-refractivity contribution in [1.82, 2.24) is 15.1 Å². The number of aryl methyl sites for hydroxylation is 2. The Bertz CT molecular complexity index is 497. The van der Waals surface area contributed by atoms with Crippen LogP contribution in [0.4, 0.5) is 0 Å². The van der Waals surface area contributed by atoms with Gasteiger partial charge in [0.2, 0.25) is 0 Å². The number of sulfone groups is 1. The lowest BCUT2D eigenvalue weighted by Crippen LogP contribution is -2.18. The highest BCUT2D eigenvalue weighted by Gasteiger charge is 2.08. The molecule has 1 aromatic heterocycles. The molecule has 0 bridgehead atoms. The molecule has 0 aliphatic heterocycles. The second-order valence-electron chi connectivity index (χ2n) is 4.76. The monoisotopic (exact) mass is 303 g/mol. The molecular weight excluding hydrogens is 278 g/mol. The zero-order valence-corrected chi connectivity index (χ0v) is 13.4. The first-order chi connectivity index (χ1) is 9.48. The lowest BCUT2D eigenvalue weighted by molar-refractivity contribution is 0.199. The summed E-state index contributed by atoms with van der Waals surface area (Å²) < 4.78 is 29.6. The number of aromatic nitrogens is 2. The fraction of sp³-hybridized carbons (Fsp3) is 0.769. The maximum Gasteiger partial charge on any atom is 0.150 e. The first-order valence-electron chi connectivity index (χ1n) is 6.91. The molecule has 0 saturated heterocycles. The molecule has 0 aliphatic rings. The molecule has 1 aromatic rings. The highest BCUT2D eigenvalue weighted by atomic mass is 32.2. The fourth-order valence-corrected chi connectivity index (χ4v) is 2.69. The zero-order chi connectivity index (χ0) is 15.0. The quantitative estimate of drug-likeness (QED) is 0.646. The Hall–Kier alpha value is -0.920. The van der Waals surface area contributed by atoms with Crippen molar-refractivity contribution in [3.8, 4) is 0 Å². The van der Waals surface area contributed by atoms with Crippen LogP contribution in [0.5, 0.6) is 0 Å². The van der Waals surface area contributed by atoms with E-state index >= 15 is 0 Å². The number of hydrogen-bond donors (Lipinski definition) is 1. The first kappa shape index (κ1) is 17.1. The molecule has 0 aliphatic carbocycles. The lowest BCUT2D eigenvalue weighted by atomic mass is 10.2. The van der Waals surface area contributed by atoms with Gasteiger partial charge in [0.25, 0.3) is 0 Å². The third kappa shape index (κ3) is 6.02.